The Balaban J connectivity index is 0.00000159. The minimum atomic E-state index is -0.181. The lowest BCUT2D eigenvalue weighted by atomic mass is 9.95. The minimum Gasteiger partial charge on any atom is -0.493 e. The summed E-state index contributed by atoms with van der Waals surface area (Å²) in [5.41, 5.74) is 4.48. The van der Waals surface area contributed by atoms with Crippen molar-refractivity contribution in [3.63, 3.8) is 0 Å². The third-order valence-corrected chi connectivity index (χ3v) is 5.94. The van der Waals surface area contributed by atoms with E-state index in [9.17, 15) is 0 Å². The molecule has 2 aromatic rings. The largest absolute Gasteiger partial charge is 0.493 e. The molecular formula is C32H48O5. The fourth-order valence-corrected chi connectivity index (χ4v) is 3.81. The lowest BCUT2D eigenvalue weighted by molar-refractivity contribution is 0.0325. The van der Waals surface area contributed by atoms with Crippen LogP contribution < -0.4 is 9.47 Å². The topological polar surface area (TPSA) is 68.2 Å². The number of rotatable bonds is 19. The van der Waals surface area contributed by atoms with E-state index >= 15 is 0 Å². The van der Waals surface area contributed by atoms with Crippen molar-refractivity contribution in [2.45, 2.75) is 71.1 Å². The highest BCUT2D eigenvalue weighted by Crippen LogP contribution is 2.32. The quantitative estimate of drug-likeness (QED) is 0.116. The first-order valence-corrected chi connectivity index (χ1v) is 13.6. The molecule has 37 heavy (non-hydrogen) atoms. The third-order valence-electron chi connectivity index (χ3n) is 5.94. The standard InChI is InChI=1S/C30H42O3.C2H6O2/c1-4-6-8-9-10-11-12-14-26-17-18-29(33-21-19-25(3)24-31)23-30(26)27-15-13-16-28(22-27)32-20-7-5-2;1-4-2-3/h5,13,15-18,22-23,31H,2-4,6-12,14,19-21,24H2,1H3;3H,2H2,1H3. The smallest absolute Gasteiger partial charge is 0.143 e. The van der Waals surface area contributed by atoms with Crippen molar-refractivity contribution >= 4 is 0 Å². The number of hydrogen-bond donors (Lipinski definition) is 2. The van der Waals surface area contributed by atoms with E-state index < -0.39 is 0 Å². The highest BCUT2D eigenvalue weighted by atomic mass is 16.6. The van der Waals surface area contributed by atoms with Gasteiger partial charge in [-0.15, -0.1) is 6.58 Å². The summed E-state index contributed by atoms with van der Waals surface area (Å²) < 4.78 is 16.0. The molecule has 0 amide bonds. The molecule has 0 atom stereocenters. The van der Waals surface area contributed by atoms with Crippen LogP contribution in [0.5, 0.6) is 11.5 Å². The van der Waals surface area contributed by atoms with Crippen LogP contribution in [-0.4, -0.2) is 43.9 Å². The summed E-state index contributed by atoms with van der Waals surface area (Å²) >= 11 is 0. The number of methoxy groups -OCH3 is 1. The second-order valence-corrected chi connectivity index (χ2v) is 9.07. The van der Waals surface area contributed by atoms with Crippen LogP contribution in [0.4, 0.5) is 0 Å². The molecule has 0 spiro atoms. The Morgan fingerprint density at radius 1 is 0.892 bits per heavy atom. The van der Waals surface area contributed by atoms with Gasteiger partial charge in [-0.1, -0.05) is 76.3 Å². The van der Waals surface area contributed by atoms with Gasteiger partial charge in [0.25, 0.3) is 0 Å². The molecule has 5 heteroatoms. The van der Waals surface area contributed by atoms with Crippen molar-refractivity contribution in [1.82, 2.24) is 0 Å². The van der Waals surface area contributed by atoms with Gasteiger partial charge in [0.2, 0.25) is 0 Å². The van der Waals surface area contributed by atoms with E-state index in [1.165, 1.54) is 63.2 Å². The van der Waals surface area contributed by atoms with Gasteiger partial charge in [0.05, 0.1) is 19.8 Å². The van der Waals surface area contributed by atoms with Gasteiger partial charge < -0.3 is 24.4 Å². The first-order valence-electron chi connectivity index (χ1n) is 13.6. The molecular weight excluding hydrogens is 464 g/mol. The van der Waals surface area contributed by atoms with E-state index in [4.69, 9.17) is 19.7 Å². The Bertz CT molecular complexity index is 875. The fraction of sp³-hybridized carbons (Fsp3) is 0.500. The van der Waals surface area contributed by atoms with Gasteiger partial charge in [-0.2, -0.15) is 0 Å². The average molecular weight is 513 g/mol. The summed E-state index contributed by atoms with van der Waals surface area (Å²) in [6.45, 7) is 10.8. The number of benzene rings is 2. The van der Waals surface area contributed by atoms with E-state index in [1.807, 2.05) is 12.1 Å². The van der Waals surface area contributed by atoms with Gasteiger partial charge in [0, 0.05) is 13.5 Å². The lowest BCUT2D eigenvalue weighted by Crippen LogP contribution is -2.02. The monoisotopic (exact) mass is 512 g/mol. The maximum absolute atomic E-state index is 9.16. The van der Waals surface area contributed by atoms with Crippen molar-refractivity contribution in [3.05, 3.63) is 72.8 Å². The molecule has 2 aromatic carbocycles. The molecule has 0 aliphatic heterocycles. The zero-order valence-corrected chi connectivity index (χ0v) is 23.1. The molecule has 0 bridgehead atoms. The van der Waals surface area contributed by atoms with E-state index in [0.717, 1.165) is 35.5 Å². The molecule has 2 N–H and O–H groups in total. The number of aliphatic hydroxyl groups excluding tert-OH is 2. The van der Waals surface area contributed by atoms with Gasteiger partial charge in [0.15, 0.2) is 0 Å². The number of ether oxygens (including phenoxy) is 3. The maximum atomic E-state index is 9.16. The third kappa shape index (κ3) is 14.7. The number of hydrogen-bond acceptors (Lipinski definition) is 5. The van der Waals surface area contributed by atoms with Crippen molar-refractivity contribution in [1.29, 1.82) is 0 Å². The zero-order valence-electron chi connectivity index (χ0n) is 23.1. The summed E-state index contributed by atoms with van der Waals surface area (Å²) in [4.78, 5) is 0. The molecule has 206 valence electrons. The van der Waals surface area contributed by atoms with Crippen LogP contribution in [0.2, 0.25) is 0 Å². The first-order chi connectivity index (χ1) is 18.1. The predicted octanol–water partition coefficient (Wildman–Crippen LogP) is 7.50. The zero-order chi connectivity index (χ0) is 27.1. The number of unbranched alkanes of at least 4 members (excludes halogenated alkanes) is 6. The molecule has 5 nitrogen and oxygen atoms in total. The fourth-order valence-electron chi connectivity index (χ4n) is 3.81. The Hall–Kier alpha value is -2.60. The average Bonchev–Trinajstić information content (AvgIpc) is 2.93. The van der Waals surface area contributed by atoms with Crippen LogP contribution in [0.25, 0.3) is 11.1 Å². The van der Waals surface area contributed by atoms with Gasteiger partial charge in [-0.3, -0.25) is 0 Å². The number of aryl methyl sites for hydroxylation is 1. The summed E-state index contributed by atoms with van der Waals surface area (Å²) in [6.07, 6.45) is 13.5. The molecule has 0 fully saturated rings. The lowest BCUT2D eigenvalue weighted by Gasteiger charge is -2.15. The SMILES string of the molecule is C=CCCOc1cccc(-c2cc(OCCC(=C)CO)ccc2CCCCCCCCC)c1.COCO. The van der Waals surface area contributed by atoms with Gasteiger partial charge in [-0.25, -0.2) is 0 Å². The minimum absolute atomic E-state index is 0.00460. The van der Waals surface area contributed by atoms with Gasteiger partial charge in [-0.05, 0) is 65.8 Å². The Morgan fingerprint density at radius 3 is 2.24 bits per heavy atom. The molecule has 0 aromatic heterocycles. The normalized spacial score (nSPS) is 10.4. The van der Waals surface area contributed by atoms with Crippen molar-refractivity contribution in [2.75, 3.05) is 33.7 Å². The molecule has 0 aliphatic carbocycles. The summed E-state index contributed by atoms with van der Waals surface area (Å²) in [6, 6.07) is 14.7. The summed E-state index contributed by atoms with van der Waals surface area (Å²) in [5.74, 6) is 1.72. The van der Waals surface area contributed by atoms with E-state index in [0.29, 0.717) is 19.6 Å². The van der Waals surface area contributed by atoms with Crippen molar-refractivity contribution < 1.29 is 24.4 Å². The van der Waals surface area contributed by atoms with Gasteiger partial charge in [0.1, 0.15) is 18.3 Å². The highest BCUT2D eigenvalue weighted by molar-refractivity contribution is 5.70. The van der Waals surface area contributed by atoms with Crippen LogP contribution in [0.3, 0.4) is 0 Å². The molecule has 0 radical (unpaired) electrons. The van der Waals surface area contributed by atoms with Crippen LogP contribution in [0.1, 0.15) is 70.3 Å². The predicted molar refractivity (Wildman–Crippen MR) is 154 cm³/mol. The maximum Gasteiger partial charge on any atom is 0.143 e. The van der Waals surface area contributed by atoms with Crippen molar-refractivity contribution in [2.24, 2.45) is 0 Å². The van der Waals surface area contributed by atoms with Gasteiger partial charge >= 0.3 is 0 Å². The van der Waals surface area contributed by atoms with Crippen LogP contribution in [-0.2, 0) is 11.2 Å². The van der Waals surface area contributed by atoms with E-state index in [-0.39, 0.29) is 13.4 Å². The molecule has 0 heterocycles. The van der Waals surface area contributed by atoms with E-state index in [1.54, 1.807) is 0 Å². The Labute approximate surface area is 224 Å². The molecule has 0 unspecified atom stereocenters. The number of aliphatic hydroxyl groups is 2. The Kier molecular flexibility index (Phi) is 18.8. The van der Waals surface area contributed by atoms with Crippen LogP contribution in [0.15, 0.2) is 67.3 Å². The second-order valence-electron chi connectivity index (χ2n) is 9.07. The van der Waals surface area contributed by atoms with Crippen LogP contribution in [0, 0.1) is 0 Å². The van der Waals surface area contributed by atoms with Crippen molar-refractivity contribution in [3.8, 4) is 22.6 Å². The molecule has 0 saturated heterocycles. The highest BCUT2D eigenvalue weighted by Gasteiger charge is 2.09. The summed E-state index contributed by atoms with van der Waals surface area (Å²) in [5, 5.41) is 16.8. The molecule has 0 aliphatic rings. The first kappa shape index (κ1) is 32.4. The molecule has 0 saturated carbocycles. The second kappa shape index (κ2) is 21.5. The van der Waals surface area contributed by atoms with E-state index in [2.05, 4.69) is 61.2 Å². The Morgan fingerprint density at radius 2 is 1.57 bits per heavy atom. The molecule has 2 rings (SSSR count). The summed E-state index contributed by atoms with van der Waals surface area (Å²) in [7, 11) is 1.43. The van der Waals surface area contributed by atoms with Crippen LogP contribution >= 0.6 is 0 Å².